The van der Waals surface area contributed by atoms with Gasteiger partial charge in [-0.1, -0.05) is 0 Å². The molecule has 2 heterocycles. The molecule has 3 aliphatic rings. The van der Waals surface area contributed by atoms with E-state index in [2.05, 4.69) is 5.32 Å². The van der Waals surface area contributed by atoms with Gasteiger partial charge in [0.1, 0.15) is 12.2 Å². The van der Waals surface area contributed by atoms with Crippen molar-refractivity contribution >= 4 is 5.91 Å². The topological polar surface area (TPSA) is 47.6 Å². The van der Waals surface area contributed by atoms with Crippen molar-refractivity contribution in [3.63, 3.8) is 0 Å². The molecule has 2 saturated heterocycles. The summed E-state index contributed by atoms with van der Waals surface area (Å²) >= 11 is 0. The fourth-order valence-corrected chi connectivity index (χ4v) is 2.67. The molecule has 2 bridgehead atoms. The third kappa shape index (κ3) is 0.901. The number of hydrogen-bond acceptors (Lipinski definition) is 3. The Bertz CT molecular complexity index is 276. The largest absolute Gasteiger partial charge is 0.350 e. The zero-order valence-electron chi connectivity index (χ0n) is 7.74. The first-order valence-electron chi connectivity index (χ1n) is 4.73. The molecule has 0 spiro atoms. The van der Waals surface area contributed by atoms with Crippen LogP contribution in [0.4, 0.5) is 0 Å². The second-order valence-electron chi connectivity index (χ2n) is 4.52. The summed E-state index contributed by atoms with van der Waals surface area (Å²) in [7, 11) is 0. The van der Waals surface area contributed by atoms with Gasteiger partial charge in [-0.15, -0.1) is 0 Å². The van der Waals surface area contributed by atoms with E-state index < -0.39 is 5.79 Å². The number of ether oxygens (including phenoxy) is 2. The van der Waals surface area contributed by atoms with Gasteiger partial charge in [-0.3, -0.25) is 4.79 Å². The number of piperidine rings is 1. The molecule has 3 fully saturated rings. The van der Waals surface area contributed by atoms with Crippen LogP contribution in [0.5, 0.6) is 0 Å². The number of carbonyl (C=O) groups is 1. The molecule has 13 heavy (non-hydrogen) atoms. The average molecular weight is 183 g/mol. The predicted octanol–water partition coefficient (Wildman–Crippen LogP) is 0.0248. The first kappa shape index (κ1) is 7.76. The monoisotopic (exact) mass is 183 g/mol. The Morgan fingerprint density at radius 3 is 2.85 bits per heavy atom. The quantitative estimate of drug-likeness (QED) is 0.576. The van der Waals surface area contributed by atoms with Crippen molar-refractivity contribution in [3.05, 3.63) is 0 Å². The second-order valence-corrected chi connectivity index (χ2v) is 4.52. The Morgan fingerprint density at radius 2 is 2.08 bits per heavy atom. The zero-order valence-corrected chi connectivity index (χ0v) is 7.74. The minimum absolute atomic E-state index is 0.00579. The number of nitrogens with one attached hydrogen (secondary N) is 1. The van der Waals surface area contributed by atoms with Crippen LogP contribution in [0.1, 0.15) is 20.3 Å². The van der Waals surface area contributed by atoms with Gasteiger partial charge in [0.15, 0.2) is 5.79 Å². The van der Waals surface area contributed by atoms with E-state index in [0.29, 0.717) is 0 Å². The molecule has 0 aromatic carbocycles. The standard InChI is InChI=1S/C9H13NO3/c1-9(2)12-6-4-3-5(7(6)13-9)10-8(4)11/h4-7H,3H2,1-2H3,(H,10,11)/t4-,5-,6-,7-/m1/s1. The van der Waals surface area contributed by atoms with E-state index in [4.69, 9.17) is 9.47 Å². The van der Waals surface area contributed by atoms with Crippen molar-refractivity contribution in [3.8, 4) is 0 Å². The Balaban J connectivity index is 1.91. The van der Waals surface area contributed by atoms with Gasteiger partial charge in [0, 0.05) is 0 Å². The summed E-state index contributed by atoms with van der Waals surface area (Å²) in [5.74, 6) is -0.359. The Labute approximate surface area is 76.6 Å². The summed E-state index contributed by atoms with van der Waals surface area (Å²) in [5.41, 5.74) is 0. The molecule has 1 saturated carbocycles. The molecule has 72 valence electrons. The Hall–Kier alpha value is -0.610. The summed E-state index contributed by atoms with van der Waals surface area (Å²) in [6.07, 6.45) is 0.955. The van der Waals surface area contributed by atoms with Gasteiger partial charge in [-0.25, -0.2) is 0 Å². The van der Waals surface area contributed by atoms with Crippen molar-refractivity contribution in [2.75, 3.05) is 0 Å². The maximum Gasteiger partial charge on any atom is 0.226 e. The van der Waals surface area contributed by atoms with Crippen molar-refractivity contribution in [2.45, 2.75) is 44.3 Å². The average Bonchev–Trinajstić information content (AvgIpc) is 2.56. The lowest BCUT2D eigenvalue weighted by molar-refractivity contribution is -0.155. The van der Waals surface area contributed by atoms with E-state index in [0.717, 1.165) is 6.42 Å². The van der Waals surface area contributed by atoms with Crippen LogP contribution in [0.25, 0.3) is 0 Å². The van der Waals surface area contributed by atoms with Crippen LogP contribution in [0, 0.1) is 5.92 Å². The molecule has 0 aromatic heterocycles. The molecule has 2 aliphatic heterocycles. The summed E-state index contributed by atoms with van der Waals surface area (Å²) in [6.45, 7) is 3.80. The maximum absolute atomic E-state index is 11.3. The first-order valence-corrected chi connectivity index (χ1v) is 4.73. The molecule has 0 unspecified atom stereocenters. The van der Waals surface area contributed by atoms with Gasteiger partial charge >= 0.3 is 0 Å². The van der Waals surface area contributed by atoms with Crippen LogP contribution in [0.3, 0.4) is 0 Å². The van der Waals surface area contributed by atoms with E-state index in [9.17, 15) is 4.79 Å². The highest BCUT2D eigenvalue weighted by Crippen LogP contribution is 2.44. The van der Waals surface area contributed by atoms with E-state index in [1.54, 1.807) is 0 Å². The van der Waals surface area contributed by atoms with Gasteiger partial charge in [0.25, 0.3) is 0 Å². The number of carbonyl (C=O) groups excluding carboxylic acids is 1. The highest BCUT2D eigenvalue weighted by atomic mass is 16.8. The van der Waals surface area contributed by atoms with E-state index in [1.165, 1.54) is 0 Å². The lowest BCUT2D eigenvalue weighted by atomic mass is 10.0. The summed E-state index contributed by atoms with van der Waals surface area (Å²) in [6, 6.07) is 0.185. The van der Waals surface area contributed by atoms with Gasteiger partial charge in [-0.2, -0.15) is 0 Å². The van der Waals surface area contributed by atoms with E-state index in [1.807, 2.05) is 13.8 Å². The summed E-state index contributed by atoms with van der Waals surface area (Å²) < 4.78 is 11.4. The molecule has 3 rings (SSSR count). The van der Waals surface area contributed by atoms with Gasteiger partial charge in [-0.05, 0) is 20.3 Å². The molecule has 4 heteroatoms. The molecule has 1 amide bonds. The minimum Gasteiger partial charge on any atom is -0.350 e. The van der Waals surface area contributed by atoms with Crippen LogP contribution in [-0.4, -0.2) is 29.9 Å². The number of rotatable bonds is 0. The fourth-order valence-electron chi connectivity index (χ4n) is 2.67. The van der Waals surface area contributed by atoms with E-state index >= 15 is 0 Å². The highest BCUT2D eigenvalue weighted by molar-refractivity contribution is 5.83. The van der Waals surface area contributed by atoms with Crippen LogP contribution >= 0.6 is 0 Å². The lowest BCUT2D eigenvalue weighted by Crippen LogP contribution is -2.47. The van der Waals surface area contributed by atoms with Crippen LogP contribution in [0.2, 0.25) is 0 Å². The third-order valence-corrected chi connectivity index (χ3v) is 3.13. The Kier molecular flexibility index (Phi) is 1.23. The third-order valence-electron chi connectivity index (χ3n) is 3.13. The Morgan fingerprint density at radius 1 is 1.38 bits per heavy atom. The normalized spacial score (nSPS) is 50.8. The molecule has 4 nitrogen and oxygen atoms in total. The molecular weight excluding hydrogens is 170 g/mol. The molecular formula is C9H13NO3. The molecule has 1 aliphatic carbocycles. The van der Waals surface area contributed by atoms with Gasteiger partial charge < -0.3 is 14.8 Å². The highest BCUT2D eigenvalue weighted by Gasteiger charge is 2.60. The SMILES string of the molecule is CC1(C)O[C@H]2[C@H](O1)[C@H]1C[C@H]2NC1=O. The molecule has 4 atom stereocenters. The minimum atomic E-state index is -0.515. The van der Waals surface area contributed by atoms with Crippen LogP contribution in [0.15, 0.2) is 0 Å². The first-order chi connectivity index (χ1) is 6.07. The smallest absolute Gasteiger partial charge is 0.226 e. The molecule has 0 radical (unpaired) electrons. The molecule has 1 N–H and O–H groups in total. The van der Waals surface area contributed by atoms with Crippen molar-refractivity contribution < 1.29 is 14.3 Å². The molecule has 0 aromatic rings. The van der Waals surface area contributed by atoms with Crippen LogP contribution < -0.4 is 5.32 Å². The van der Waals surface area contributed by atoms with Crippen molar-refractivity contribution in [2.24, 2.45) is 5.92 Å². The van der Waals surface area contributed by atoms with Crippen molar-refractivity contribution in [1.82, 2.24) is 5.32 Å². The van der Waals surface area contributed by atoms with Gasteiger partial charge in [0.05, 0.1) is 12.0 Å². The second kappa shape index (κ2) is 2.07. The fraction of sp³-hybridized carbons (Fsp3) is 0.889. The van der Waals surface area contributed by atoms with Crippen molar-refractivity contribution in [1.29, 1.82) is 0 Å². The zero-order chi connectivity index (χ0) is 9.22. The van der Waals surface area contributed by atoms with Crippen LogP contribution in [-0.2, 0) is 14.3 Å². The number of hydrogen-bond donors (Lipinski definition) is 1. The number of fused-ring (bicyclic) bond motifs is 5. The lowest BCUT2D eigenvalue weighted by Gasteiger charge is -2.21. The summed E-state index contributed by atoms with van der Waals surface area (Å²) in [5, 5.41) is 2.92. The number of amides is 1. The maximum atomic E-state index is 11.3. The predicted molar refractivity (Wildman–Crippen MR) is 43.9 cm³/mol. The van der Waals surface area contributed by atoms with Gasteiger partial charge in [0.2, 0.25) is 5.91 Å². The van der Waals surface area contributed by atoms with E-state index in [-0.39, 0.29) is 30.1 Å². The summed E-state index contributed by atoms with van der Waals surface area (Å²) in [4.78, 5) is 11.3.